The second-order valence-electron chi connectivity index (χ2n) is 4.67. The first-order valence-electron chi connectivity index (χ1n) is 6.59. The second kappa shape index (κ2) is 5.88. The zero-order valence-electron chi connectivity index (χ0n) is 12.1. The van der Waals surface area contributed by atoms with E-state index in [1.165, 1.54) is 7.11 Å². The summed E-state index contributed by atoms with van der Waals surface area (Å²) in [6, 6.07) is 9.39. The van der Waals surface area contributed by atoms with Crippen LogP contribution in [0.4, 0.5) is 0 Å². The van der Waals surface area contributed by atoms with Crippen molar-refractivity contribution in [3.8, 4) is 5.75 Å². The number of hydrogen-bond donors (Lipinski definition) is 0. The number of alkyl halides is 1. The standard InChI is InChI=1S/C16H13BrN2O3/c1-21-13-7-12(16(20)22-2)19-15-11(13)6-4-9-3-5-10(8-17)18-14(9)15/h3-7H,8H2,1-2H3. The van der Waals surface area contributed by atoms with Gasteiger partial charge in [0.1, 0.15) is 11.3 Å². The topological polar surface area (TPSA) is 61.3 Å². The van der Waals surface area contributed by atoms with Gasteiger partial charge < -0.3 is 9.47 Å². The molecule has 5 nitrogen and oxygen atoms in total. The summed E-state index contributed by atoms with van der Waals surface area (Å²) in [5, 5.41) is 2.41. The van der Waals surface area contributed by atoms with Crippen molar-refractivity contribution in [3.05, 3.63) is 41.7 Å². The van der Waals surface area contributed by atoms with Crippen LogP contribution >= 0.6 is 15.9 Å². The Kier molecular flexibility index (Phi) is 3.94. The molecule has 0 unspecified atom stereocenters. The normalized spacial score (nSPS) is 10.9. The molecule has 0 spiro atoms. The Morgan fingerprint density at radius 1 is 1.14 bits per heavy atom. The van der Waals surface area contributed by atoms with E-state index in [2.05, 4.69) is 25.9 Å². The van der Waals surface area contributed by atoms with Crippen LogP contribution in [0, 0.1) is 0 Å². The van der Waals surface area contributed by atoms with E-state index < -0.39 is 5.97 Å². The van der Waals surface area contributed by atoms with E-state index in [0.717, 1.165) is 22.0 Å². The highest BCUT2D eigenvalue weighted by atomic mass is 79.9. The molecule has 22 heavy (non-hydrogen) atoms. The minimum atomic E-state index is -0.506. The van der Waals surface area contributed by atoms with E-state index in [1.54, 1.807) is 13.2 Å². The van der Waals surface area contributed by atoms with Gasteiger partial charge in [0.05, 0.1) is 25.4 Å². The molecule has 0 saturated heterocycles. The molecule has 112 valence electrons. The highest BCUT2D eigenvalue weighted by molar-refractivity contribution is 9.08. The smallest absolute Gasteiger partial charge is 0.356 e. The average molecular weight is 361 g/mol. The number of ether oxygens (including phenoxy) is 2. The highest BCUT2D eigenvalue weighted by Gasteiger charge is 2.15. The number of rotatable bonds is 3. The lowest BCUT2D eigenvalue weighted by Crippen LogP contribution is -2.05. The molecule has 3 aromatic rings. The number of methoxy groups -OCH3 is 2. The summed E-state index contributed by atoms with van der Waals surface area (Å²) in [4.78, 5) is 20.8. The van der Waals surface area contributed by atoms with E-state index in [9.17, 15) is 4.79 Å². The quantitative estimate of drug-likeness (QED) is 0.406. The number of aromatic nitrogens is 2. The van der Waals surface area contributed by atoms with E-state index in [-0.39, 0.29) is 5.69 Å². The van der Waals surface area contributed by atoms with Gasteiger partial charge in [-0.1, -0.05) is 28.1 Å². The van der Waals surface area contributed by atoms with Gasteiger partial charge in [-0.3, -0.25) is 0 Å². The molecular formula is C16H13BrN2O3. The monoisotopic (exact) mass is 360 g/mol. The number of benzene rings is 1. The first kappa shape index (κ1) is 14.7. The molecule has 0 bridgehead atoms. The third-order valence-electron chi connectivity index (χ3n) is 3.41. The summed E-state index contributed by atoms with van der Waals surface area (Å²) < 4.78 is 10.1. The van der Waals surface area contributed by atoms with Crippen LogP contribution in [0.3, 0.4) is 0 Å². The van der Waals surface area contributed by atoms with Gasteiger partial charge in [-0.2, -0.15) is 0 Å². The van der Waals surface area contributed by atoms with Gasteiger partial charge in [0, 0.05) is 22.2 Å². The van der Waals surface area contributed by atoms with Crippen molar-refractivity contribution in [2.24, 2.45) is 0 Å². The van der Waals surface area contributed by atoms with Gasteiger partial charge in [-0.25, -0.2) is 14.8 Å². The molecule has 0 atom stereocenters. The number of halogens is 1. The van der Waals surface area contributed by atoms with Crippen LogP contribution in [-0.4, -0.2) is 30.2 Å². The largest absolute Gasteiger partial charge is 0.496 e. The van der Waals surface area contributed by atoms with Gasteiger partial charge in [-0.15, -0.1) is 0 Å². The van der Waals surface area contributed by atoms with Crippen LogP contribution in [0.2, 0.25) is 0 Å². The maximum Gasteiger partial charge on any atom is 0.356 e. The van der Waals surface area contributed by atoms with Gasteiger partial charge in [0.25, 0.3) is 0 Å². The van der Waals surface area contributed by atoms with E-state index in [4.69, 9.17) is 9.47 Å². The molecular weight excluding hydrogens is 348 g/mol. The lowest BCUT2D eigenvalue weighted by atomic mass is 10.1. The molecule has 0 aliphatic heterocycles. The third-order valence-corrected chi connectivity index (χ3v) is 3.98. The summed E-state index contributed by atoms with van der Waals surface area (Å²) >= 11 is 3.40. The van der Waals surface area contributed by atoms with Crippen LogP contribution in [0.1, 0.15) is 16.2 Å². The zero-order valence-corrected chi connectivity index (χ0v) is 13.7. The van der Waals surface area contributed by atoms with Crippen molar-refractivity contribution in [3.63, 3.8) is 0 Å². The molecule has 0 saturated carbocycles. The minimum Gasteiger partial charge on any atom is -0.496 e. The Labute approximate surface area is 135 Å². The predicted molar refractivity (Wildman–Crippen MR) is 87.6 cm³/mol. The van der Waals surface area contributed by atoms with Crippen LogP contribution in [0.5, 0.6) is 5.75 Å². The molecule has 2 heterocycles. The fraction of sp³-hybridized carbons (Fsp3) is 0.188. The van der Waals surface area contributed by atoms with Crippen molar-refractivity contribution < 1.29 is 14.3 Å². The molecule has 0 aliphatic carbocycles. The second-order valence-corrected chi connectivity index (χ2v) is 5.23. The van der Waals surface area contributed by atoms with Gasteiger partial charge in [0.2, 0.25) is 0 Å². The van der Waals surface area contributed by atoms with Crippen molar-refractivity contribution in [2.45, 2.75) is 5.33 Å². The molecule has 0 N–H and O–H groups in total. The van der Waals surface area contributed by atoms with Crippen LogP contribution in [0.15, 0.2) is 30.3 Å². The first-order valence-corrected chi connectivity index (χ1v) is 7.71. The Morgan fingerprint density at radius 3 is 2.59 bits per heavy atom. The van der Waals surface area contributed by atoms with Gasteiger partial charge >= 0.3 is 5.97 Å². The summed E-state index contributed by atoms with van der Waals surface area (Å²) in [7, 11) is 2.88. The molecule has 1 aromatic carbocycles. The lowest BCUT2D eigenvalue weighted by molar-refractivity contribution is 0.0594. The van der Waals surface area contributed by atoms with Crippen LogP contribution in [-0.2, 0) is 10.1 Å². The van der Waals surface area contributed by atoms with Crippen LogP contribution in [0.25, 0.3) is 21.8 Å². The Morgan fingerprint density at radius 2 is 1.91 bits per heavy atom. The number of carbonyl (C=O) groups excluding carboxylic acids is 1. The summed E-state index contributed by atoms with van der Waals surface area (Å²) in [6.45, 7) is 0. The number of hydrogen-bond acceptors (Lipinski definition) is 5. The molecule has 0 amide bonds. The molecule has 6 heteroatoms. The number of esters is 1. The Hall–Kier alpha value is -2.21. The zero-order chi connectivity index (χ0) is 15.7. The van der Waals surface area contributed by atoms with Crippen molar-refractivity contribution in [1.82, 2.24) is 9.97 Å². The molecule has 0 radical (unpaired) electrons. The average Bonchev–Trinajstić information content (AvgIpc) is 2.59. The molecule has 3 rings (SSSR count). The number of carbonyl (C=O) groups is 1. The van der Waals surface area contributed by atoms with Gasteiger partial charge in [0.15, 0.2) is 5.69 Å². The van der Waals surface area contributed by atoms with Crippen LogP contribution < -0.4 is 4.74 Å². The molecule has 2 aromatic heterocycles. The van der Waals surface area contributed by atoms with E-state index in [1.807, 2.05) is 24.3 Å². The fourth-order valence-electron chi connectivity index (χ4n) is 2.33. The van der Waals surface area contributed by atoms with E-state index in [0.29, 0.717) is 16.6 Å². The van der Waals surface area contributed by atoms with Crippen molar-refractivity contribution in [2.75, 3.05) is 14.2 Å². The van der Waals surface area contributed by atoms with Crippen molar-refractivity contribution in [1.29, 1.82) is 0 Å². The molecule has 0 fully saturated rings. The minimum absolute atomic E-state index is 0.199. The Bertz CT molecular complexity index is 880. The summed E-state index contributed by atoms with van der Waals surface area (Å²) in [5.41, 5.74) is 2.45. The fourth-order valence-corrected chi connectivity index (χ4v) is 2.65. The number of nitrogens with zero attached hydrogens (tertiary/aromatic N) is 2. The van der Waals surface area contributed by atoms with E-state index >= 15 is 0 Å². The number of pyridine rings is 2. The lowest BCUT2D eigenvalue weighted by Gasteiger charge is -2.10. The van der Waals surface area contributed by atoms with Crippen molar-refractivity contribution >= 4 is 43.7 Å². The number of fused-ring (bicyclic) bond motifs is 3. The maximum atomic E-state index is 11.8. The third kappa shape index (κ3) is 2.39. The maximum absolute atomic E-state index is 11.8. The summed E-state index contributed by atoms with van der Waals surface area (Å²) in [6.07, 6.45) is 0. The van der Waals surface area contributed by atoms with Gasteiger partial charge in [-0.05, 0) is 12.1 Å². The summed E-state index contributed by atoms with van der Waals surface area (Å²) in [5.74, 6) is 0.0622. The highest BCUT2D eigenvalue weighted by Crippen LogP contribution is 2.30. The molecule has 0 aliphatic rings. The predicted octanol–water partition coefficient (Wildman–Crippen LogP) is 3.47. The first-order chi connectivity index (χ1) is 10.7. The Balaban J connectivity index is 2.41. The SMILES string of the molecule is COC(=O)c1cc(OC)c2ccc3ccc(CBr)nc3c2n1.